The van der Waals surface area contributed by atoms with Gasteiger partial charge in [0.25, 0.3) is 0 Å². The van der Waals surface area contributed by atoms with E-state index in [1.54, 1.807) is 0 Å². The number of benzene rings is 1. The molecule has 1 aliphatic heterocycles. The molecular formula is C21H36ClN3O. The van der Waals surface area contributed by atoms with Crippen LogP contribution in [0.2, 0.25) is 0 Å². The van der Waals surface area contributed by atoms with Crippen LogP contribution in [0.3, 0.4) is 0 Å². The van der Waals surface area contributed by atoms with Crippen molar-refractivity contribution < 1.29 is 4.74 Å². The van der Waals surface area contributed by atoms with Crippen LogP contribution in [0, 0.1) is 5.92 Å². The van der Waals surface area contributed by atoms with Crippen LogP contribution in [-0.4, -0.2) is 49.8 Å². The molecule has 1 heterocycles. The quantitative estimate of drug-likeness (QED) is 0.725. The van der Waals surface area contributed by atoms with Crippen LogP contribution in [0.25, 0.3) is 0 Å². The molecule has 1 aromatic rings. The lowest BCUT2D eigenvalue weighted by Crippen LogP contribution is -2.50. The summed E-state index contributed by atoms with van der Waals surface area (Å²) in [5.74, 6) is 0.710. The van der Waals surface area contributed by atoms with Crippen molar-refractivity contribution in [3.63, 3.8) is 0 Å². The summed E-state index contributed by atoms with van der Waals surface area (Å²) < 4.78 is 5.67. The monoisotopic (exact) mass is 381 g/mol. The van der Waals surface area contributed by atoms with Crippen LogP contribution >= 0.6 is 12.4 Å². The first-order valence-corrected chi connectivity index (χ1v) is 10.1. The number of ether oxygens (including phenoxy) is 1. The Morgan fingerprint density at radius 2 is 1.85 bits per heavy atom. The van der Waals surface area contributed by atoms with E-state index in [1.165, 1.54) is 30.4 Å². The van der Waals surface area contributed by atoms with E-state index in [-0.39, 0.29) is 12.4 Å². The van der Waals surface area contributed by atoms with E-state index >= 15 is 0 Å². The van der Waals surface area contributed by atoms with Crippen molar-refractivity contribution in [2.75, 3.05) is 32.8 Å². The van der Waals surface area contributed by atoms with Crippen LogP contribution in [0.15, 0.2) is 24.3 Å². The van der Waals surface area contributed by atoms with E-state index in [9.17, 15) is 0 Å². The predicted octanol–water partition coefficient (Wildman–Crippen LogP) is 3.20. The van der Waals surface area contributed by atoms with Crippen molar-refractivity contribution in [3.8, 4) is 0 Å². The molecule has 5 heteroatoms. The fraction of sp³-hybridized carbons (Fsp3) is 0.714. The summed E-state index contributed by atoms with van der Waals surface area (Å²) >= 11 is 0. The summed E-state index contributed by atoms with van der Waals surface area (Å²) in [5.41, 5.74) is 2.80. The Morgan fingerprint density at radius 3 is 2.50 bits per heavy atom. The second-order valence-electron chi connectivity index (χ2n) is 7.50. The van der Waals surface area contributed by atoms with Gasteiger partial charge in [-0.1, -0.05) is 44.5 Å². The number of hydrogen-bond acceptors (Lipinski definition) is 4. The Labute approximate surface area is 165 Å². The standard InChI is InChI=1S/C21H35N3O.ClH/c1-3-24(4-2)15-18-10-8-17(9-11-18)14-23-20-7-5-6-19(20)21-16-25-13-12-22-21;/h8-11,19-23H,3-7,12-16H2,1-2H3;1H. The minimum Gasteiger partial charge on any atom is -0.379 e. The topological polar surface area (TPSA) is 36.5 Å². The summed E-state index contributed by atoms with van der Waals surface area (Å²) in [5, 5.41) is 7.48. The van der Waals surface area contributed by atoms with Gasteiger partial charge in [-0.2, -0.15) is 0 Å². The summed E-state index contributed by atoms with van der Waals surface area (Å²) in [6.45, 7) is 11.5. The van der Waals surface area contributed by atoms with Crippen LogP contribution in [0.4, 0.5) is 0 Å². The fourth-order valence-corrected chi connectivity index (χ4v) is 4.30. The predicted molar refractivity (Wildman–Crippen MR) is 111 cm³/mol. The number of hydrogen-bond donors (Lipinski definition) is 2. The average molecular weight is 382 g/mol. The number of morpholine rings is 1. The van der Waals surface area contributed by atoms with E-state index in [4.69, 9.17) is 4.74 Å². The van der Waals surface area contributed by atoms with E-state index in [2.05, 4.69) is 53.6 Å². The maximum atomic E-state index is 5.67. The highest BCUT2D eigenvalue weighted by Gasteiger charge is 2.34. The second-order valence-corrected chi connectivity index (χ2v) is 7.50. The maximum Gasteiger partial charge on any atom is 0.0623 e. The number of nitrogens with zero attached hydrogens (tertiary/aromatic N) is 1. The molecule has 1 saturated carbocycles. The van der Waals surface area contributed by atoms with Crippen molar-refractivity contribution in [1.29, 1.82) is 0 Å². The highest BCUT2D eigenvalue weighted by Crippen LogP contribution is 2.29. The summed E-state index contributed by atoms with van der Waals surface area (Å²) in [6.07, 6.45) is 3.95. The van der Waals surface area contributed by atoms with Crippen molar-refractivity contribution in [3.05, 3.63) is 35.4 Å². The van der Waals surface area contributed by atoms with E-state index in [0.717, 1.165) is 45.9 Å². The normalized spacial score (nSPS) is 26.0. The SMILES string of the molecule is CCN(CC)Cc1ccc(CNC2CCCC2C2COCCN2)cc1.Cl. The molecule has 2 N–H and O–H groups in total. The molecule has 0 aromatic heterocycles. The van der Waals surface area contributed by atoms with Crippen LogP contribution in [0.1, 0.15) is 44.2 Å². The first kappa shape index (κ1) is 21.6. The Balaban J connectivity index is 0.00000243. The van der Waals surface area contributed by atoms with E-state index < -0.39 is 0 Å². The zero-order valence-electron chi connectivity index (χ0n) is 16.4. The van der Waals surface area contributed by atoms with Crippen molar-refractivity contribution in [1.82, 2.24) is 15.5 Å². The molecule has 0 bridgehead atoms. The smallest absolute Gasteiger partial charge is 0.0623 e. The molecular weight excluding hydrogens is 346 g/mol. The zero-order chi connectivity index (χ0) is 17.5. The van der Waals surface area contributed by atoms with Gasteiger partial charge in [0.15, 0.2) is 0 Å². The lowest BCUT2D eigenvalue weighted by Gasteiger charge is -2.33. The Morgan fingerprint density at radius 1 is 1.12 bits per heavy atom. The van der Waals surface area contributed by atoms with Gasteiger partial charge in [-0.05, 0) is 43.0 Å². The third-order valence-electron chi connectivity index (χ3n) is 5.93. The molecule has 1 saturated heterocycles. The molecule has 1 aromatic carbocycles. The molecule has 0 amide bonds. The van der Waals surface area contributed by atoms with Gasteiger partial charge in [-0.25, -0.2) is 0 Å². The molecule has 3 rings (SSSR count). The van der Waals surface area contributed by atoms with Crippen molar-refractivity contribution in [2.45, 2.75) is 58.3 Å². The number of halogens is 1. The van der Waals surface area contributed by atoms with Gasteiger partial charge in [0, 0.05) is 31.7 Å². The molecule has 4 nitrogen and oxygen atoms in total. The molecule has 26 heavy (non-hydrogen) atoms. The van der Waals surface area contributed by atoms with Gasteiger partial charge in [0.1, 0.15) is 0 Å². The summed E-state index contributed by atoms with van der Waals surface area (Å²) in [7, 11) is 0. The summed E-state index contributed by atoms with van der Waals surface area (Å²) in [4.78, 5) is 2.45. The lowest BCUT2D eigenvalue weighted by atomic mass is 9.94. The first-order chi connectivity index (χ1) is 12.3. The fourth-order valence-electron chi connectivity index (χ4n) is 4.30. The third-order valence-corrected chi connectivity index (χ3v) is 5.93. The zero-order valence-corrected chi connectivity index (χ0v) is 17.2. The minimum atomic E-state index is 0. The molecule has 3 unspecified atom stereocenters. The molecule has 2 aliphatic rings. The van der Waals surface area contributed by atoms with Gasteiger partial charge >= 0.3 is 0 Å². The van der Waals surface area contributed by atoms with Gasteiger partial charge < -0.3 is 15.4 Å². The molecule has 148 valence electrons. The molecule has 2 fully saturated rings. The van der Waals surface area contributed by atoms with Crippen LogP contribution < -0.4 is 10.6 Å². The van der Waals surface area contributed by atoms with Gasteiger partial charge in [-0.3, -0.25) is 4.90 Å². The van der Waals surface area contributed by atoms with Gasteiger partial charge in [0.05, 0.1) is 13.2 Å². The van der Waals surface area contributed by atoms with Crippen LogP contribution in [0.5, 0.6) is 0 Å². The largest absolute Gasteiger partial charge is 0.379 e. The number of rotatable bonds is 8. The van der Waals surface area contributed by atoms with Crippen molar-refractivity contribution >= 4 is 12.4 Å². The average Bonchev–Trinajstić information content (AvgIpc) is 3.14. The second kappa shape index (κ2) is 11.3. The Kier molecular flexibility index (Phi) is 9.37. The molecule has 0 radical (unpaired) electrons. The number of nitrogens with one attached hydrogen (secondary N) is 2. The van der Waals surface area contributed by atoms with E-state index in [1.807, 2.05) is 0 Å². The molecule has 3 atom stereocenters. The highest BCUT2D eigenvalue weighted by molar-refractivity contribution is 5.85. The summed E-state index contributed by atoms with van der Waals surface area (Å²) in [6, 6.07) is 10.3. The van der Waals surface area contributed by atoms with Crippen LogP contribution in [-0.2, 0) is 17.8 Å². The third kappa shape index (κ3) is 5.93. The van der Waals surface area contributed by atoms with Crippen molar-refractivity contribution in [2.24, 2.45) is 5.92 Å². The minimum absolute atomic E-state index is 0. The lowest BCUT2D eigenvalue weighted by molar-refractivity contribution is 0.0524. The Hall–Kier alpha value is -0.650. The van der Waals surface area contributed by atoms with Gasteiger partial charge in [0.2, 0.25) is 0 Å². The highest BCUT2D eigenvalue weighted by atomic mass is 35.5. The van der Waals surface area contributed by atoms with E-state index in [0.29, 0.717) is 18.0 Å². The maximum absolute atomic E-state index is 5.67. The first-order valence-electron chi connectivity index (χ1n) is 10.1. The van der Waals surface area contributed by atoms with Gasteiger partial charge in [-0.15, -0.1) is 12.4 Å². The molecule has 1 aliphatic carbocycles. The molecule has 0 spiro atoms. The Bertz CT molecular complexity index is 500.